The zero-order valence-electron chi connectivity index (χ0n) is 15.4. The smallest absolute Gasteiger partial charge is 0.147 e. The molecule has 2 fully saturated rings. The highest BCUT2D eigenvalue weighted by atomic mass is 16.5. The summed E-state index contributed by atoms with van der Waals surface area (Å²) >= 11 is 0. The van der Waals surface area contributed by atoms with Crippen LogP contribution in [0.4, 0.5) is 5.82 Å². The number of aromatic nitrogens is 1. The van der Waals surface area contributed by atoms with Gasteiger partial charge in [0.25, 0.3) is 0 Å². The van der Waals surface area contributed by atoms with Crippen LogP contribution in [0, 0.1) is 11.3 Å². The number of hydrogen-bond acceptors (Lipinski definition) is 6. The van der Waals surface area contributed by atoms with Crippen molar-refractivity contribution >= 4 is 5.82 Å². The number of pyridine rings is 1. The van der Waals surface area contributed by atoms with E-state index in [1.165, 1.54) is 24.8 Å². The number of ether oxygens (including phenoxy) is 1. The zero-order valence-corrected chi connectivity index (χ0v) is 15.4. The van der Waals surface area contributed by atoms with Gasteiger partial charge in [0.15, 0.2) is 0 Å². The first-order valence-electron chi connectivity index (χ1n) is 9.87. The minimum atomic E-state index is -0.925. The Hall–Kier alpha value is -1.68. The largest absolute Gasteiger partial charge is 0.384 e. The molecule has 3 aliphatic rings. The molecular weight excluding hydrogens is 328 g/mol. The molecular formula is C20H28N4O2. The van der Waals surface area contributed by atoms with Crippen LogP contribution in [0.2, 0.25) is 0 Å². The topological polar surface area (TPSA) is 72.6 Å². The van der Waals surface area contributed by atoms with Crippen molar-refractivity contribution in [3.63, 3.8) is 0 Å². The average Bonchev–Trinajstić information content (AvgIpc) is 3.07. The van der Waals surface area contributed by atoms with Crippen LogP contribution in [0.1, 0.15) is 42.5 Å². The van der Waals surface area contributed by atoms with Gasteiger partial charge in [0.05, 0.1) is 25.3 Å². The molecule has 3 heterocycles. The van der Waals surface area contributed by atoms with Crippen molar-refractivity contribution in [2.75, 3.05) is 50.8 Å². The van der Waals surface area contributed by atoms with Gasteiger partial charge in [-0.15, -0.1) is 0 Å². The number of aryl methyl sites for hydroxylation is 2. The number of fused-ring (bicyclic) bond motifs is 1. The van der Waals surface area contributed by atoms with Crippen LogP contribution in [-0.2, 0) is 17.6 Å². The van der Waals surface area contributed by atoms with E-state index in [2.05, 4.69) is 15.9 Å². The summed E-state index contributed by atoms with van der Waals surface area (Å²) in [4.78, 5) is 9.25. The van der Waals surface area contributed by atoms with Gasteiger partial charge >= 0.3 is 0 Å². The van der Waals surface area contributed by atoms with Crippen molar-refractivity contribution < 1.29 is 9.84 Å². The molecule has 0 bridgehead atoms. The van der Waals surface area contributed by atoms with Crippen molar-refractivity contribution in [1.82, 2.24) is 9.88 Å². The Morgan fingerprint density at radius 3 is 2.81 bits per heavy atom. The Labute approximate surface area is 155 Å². The molecule has 26 heavy (non-hydrogen) atoms. The van der Waals surface area contributed by atoms with Crippen molar-refractivity contribution in [3.8, 4) is 6.07 Å². The van der Waals surface area contributed by atoms with E-state index >= 15 is 0 Å². The van der Waals surface area contributed by atoms with Gasteiger partial charge in [-0.05, 0) is 63.2 Å². The number of β-amino-alcohol motifs (C(OH)–C–C–N with tert-alkyl or cyclic N) is 1. The normalized spacial score (nSPS) is 27.0. The maximum atomic E-state index is 11.2. The standard InChI is InChI=1S/C20H28N4O2/c21-12-17-11-16-5-1-2-6-18(16)22-19(17)24-9-10-26-15-20(25,14-24)13-23-7-3-4-8-23/h11,25H,1-10,13-15H2/t20-/m1/s1. The van der Waals surface area contributed by atoms with Gasteiger partial charge in [0.2, 0.25) is 0 Å². The lowest BCUT2D eigenvalue weighted by Crippen LogP contribution is -2.52. The minimum Gasteiger partial charge on any atom is -0.384 e. The highest BCUT2D eigenvalue weighted by molar-refractivity contribution is 5.57. The van der Waals surface area contributed by atoms with Crippen molar-refractivity contribution in [2.24, 2.45) is 0 Å². The molecule has 1 aromatic heterocycles. The summed E-state index contributed by atoms with van der Waals surface area (Å²) in [5.74, 6) is 0.721. The van der Waals surface area contributed by atoms with Crippen LogP contribution in [0.15, 0.2) is 6.07 Å². The molecule has 0 aromatic carbocycles. The fourth-order valence-corrected chi connectivity index (χ4v) is 4.50. The summed E-state index contributed by atoms with van der Waals surface area (Å²) < 4.78 is 5.73. The number of rotatable bonds is 3. The lowest BCUT2D eigenvalue weighted by Gasteiger charge is -2.35. The Balaban J connectivity index is 1.60. The summed E-state index contributed by atoms with van der Waals surface area (Å²) in [5.41, 5.74) is 2.04. The van der Waals surface area contributed by atoms with Gasteiger partial charge in [-0.25, -0.2) is 4.98 Å². The van der Waals surface area contributed by atoms with E-state index in [0.717, 1.165) is 43.9 Å². The van der Waals surface area contributed by atoms with E-state index in [4.69, 9.17) is 9.72 Å². The van der Waals surface area contributed by atoms with Crippen LogP contribution in [0.3, 0.4) is 0 Å². The lowest BCUT2D eigenvalue weighted by molar-refractivity contribution is -0.0439. The SMILES string of the molecule is N#Cc1cc2c(nc1N1CCOC[C@@](O)(CN3CCCC3)C1)CCCC2. The number of anilines is 1. The first kappa shape index (κ1) is 17.7. The third-order valence-electron chi connectivity index (χ3n) is 5.78. The van der Waals surface area contributed by atoms with Crippen molar-refractivity contribution in [3.05, 3.63) is 22.9 Å². The number of hydrogen-bond donors (Lipinski definition) is 1. The van der Waals surface area contributed by atoms with E-state index < -0.39 is 5.60 Å². The fourth-order valence-electron chi connectivity index (χ4n) is 4.50. The molecule has 0 unspecified atom stereocenters. The third kappa shape index (κ3) is 3.71. The maximum Gasteiger partial charge on any atom is 0.147 e. The van der Waals surface area contributed by atoms with Crippen LogP contribution in [-0.4, -0.2) is 66.5 Å². The van der Waals surface area contributed by atoms with E-state index in [1.807, 2.05) is 6.07 Å². The number of nitriles is 1. The minimum absolute atomic E-state index is 0.340. The monoisotopic (exact) mass is 356 g/mol. The molecule has 1 N–H and O–H groups in total. The molecule has 4 rings (SSSR count). The summed E-state index contributed by atoms with van der Waals surface area (Å²) in [7, 11) is 0. The van der Waals surface area contributed by atoms with Crippen LogP contribution < -0.4 is 4.90 Å². The van der Waals surface area contributed by atoms with E-state index in [-0.39, 0.29) is 0 Å². The van der Waals surface area contributed by atoms with Gasteiger partial charge in [-0.3, -0.25) is 0 Å². The average molecular weight is 356 g/mol. The molecule has 0 amide bonds. The molecule has 1 aromatic rings. The molecule has 1 aliphatic carbocycles. The van der Waals surface area contributed by atoms with Crippen LogP contribution in [0.25, 0.3) is 0 Å². The van der Waals surface area contributed by atoms with Gasteiger partial charge in [0.1, 0.15) is 17.5 Å². The zero-order chi connectivity index (χ0) is 18.0. The summed E-state index contributed by atoms with van der Waals surface area (Å²) in [6.45, 7) is 4.72. The second-order valence-corrected chi connectivity index (χ2v) is 7.97. The summed E-state index contributed by atoms with van der Waals surface area (Å²) in [5, 5.41) is 20.9. The predicted molar refractivity (Wildman–Crippen MR) is 99.2 cm³/mol. The van der Waals surface area contributed by atoms with Crippen LogP contribution >= 0.6 is 0 Å². The Morgan fingerprint density at radius 1 is 1.19 bits per heavy atom. The van der Waals surface area contributed by atoms with Crippen molar-refractivity contribution in [2.45, 2.75) is 44.1 Å². The van der Waals surface area contributed by atoms with Gasteiger partial charge in [-0.2, -0.15) is 5.26 Å². The highest BCUT2D eigenvalue weighted by Crippen LogP contribution is 2.28. The molecule has 1 atom stereocenters. The maximum absolute atomic E-state index is 11.2. The molecule has 6 heteroatoms. The Kier molecular flexibility index (Phi) is 5.12. The molecule has 6 nitrogen and oxygen atoms in total. The number of likely N-dealkylation sites (tertiary alicyclic amines) is 1. The highest BCUT2D eigenvalue weighted by Gasteiger charge is 2.36. The van der Waals surface area contributed by atoms with Crippen molar-refractivity contribution in [1.29, 1.82) is 5.26 Å². The van der Waals surface area contributed by atoms with Gasteiger partial charge in [0, 0.05) is 18.8 Å². The molecule has 140 valence electrons. The molecule has 2 saturated heterocycles. The fraction of sp³-hybridized carbons (Fsp3) is 0.700. The quantitative estimate of drug-likeness (QED) is 0.885. The molecule has 0 radical (unpaired) electrons. The Morgan fingerprint density at radius 2 is 2.00 bits per heavy atom. The first-order valence-corrected chi connectivity index (χ1v) is 9.87. The second kappa shape index (κ2) is 7.51. The molecule has 0 spiro atoms. The Bertz CT molecular complexity index is 696. The van der Waals surface area contributed by atoms with E-state index in [0.29, 0.717) is 38.4 Å². The lowest BCUT2D eigenvalue weighted by atomic mass is 9.94. The predicted octanol–water partition coefficient (Wildman–Crippen LogP) is 1.50. The van der Waals surface area contributed by atoms with Gasteiger partial charge in [-0.1, -0.05) is 0 Å². The number of nitrogens with zero attached hydrogens (tertiary/aromatic N) is 4. The molecule has 2 aliphatic heterocycles. The first-order chi connectivity index (χ1) is 12.7. The third-order valence-corrected chi connectivity index (χ3v) is 5.78. The van der Waals surface area contributed by atoms with E-state index in [1.54, 1.807) is 0 Å². The van der Waals surface area contributed by atoms with Crippen LogP contribution in [0.5, 0.6) is 0 Å². The summed E-state index contributed by atoms with van der Waals surface area (Å²) in [6, 6.07) is 4.34. The number of aliphatic hydroxyl groups is 1. The van der Waals surface area contributed by atoms with E-state index in [9.17, 15) is 10.4 Å². The molecule has 0 saturated carbocycles. The second-order valence-electron chi connectivity index (χ2n) is 7.97. The van der Waals surface area contributed by atoms with Gasteiger partial charge < -0.3 is 19.6 Å². The summed E-state index contributed by atoms with van der Waals surface area (Å²) in [6.07, 6.45) is 6.73.